The van der Waals surface area contributed by atoms with Gasteiger partial charge in [0.05, 0.1) is 19.8 Å². The summed E-state index contributed by atoms with van der Waals surface area (Å²) in [5, 5.41) is 11.4. The van der Waals surface area contributed by atoms with Gasteiger partial charge in [-0.2, -0.15) is 0 Å². The average Bonchev–Trinajstić information content (AvgIpc) is 2.85. The molecule has 9 nitrogen and oxygen atoms in total. The van der Waals surface area contributed by atoms with Crippen LogP contribution in [0.15, 0.2) is 48.5 Å². The summed E-state index contributed by atoms with van der Waals surface area (Å²) >= 11 is 0. The SMILES string of the molecule is CNC(=O)[C@@](C)(C(=O)NO)N(C)C(=O)c1ccc(C#Cc2ccc(COC3COC3)cc2)cc1. The van der Waals surface area contributed by atoms with Gasteiger partial charge in [-0.25, -0.2) is 5.48 Å². The lowest BCUT2D eigenvalue weighted by atomic mass is 9.96. The second-order valence-corrected chi connectivity index (χ2v) is 7.95. The van der Waals surface area contributed by atoms with Crippen molar-refractivity contribution in [1.82, 2.24) is 15.7 Å². The van der Waals surface area contributed by atoms with Gasteiger partial charge in [0.25, 0.3) is 17.7 Å². The van der Waals surface area contributed by atoms with Gasteiger partial charge in [0.1, 0.15) is 6.10 Å². The van der Waals surface area contributed by atoms with Gasteiger partial charge >= 0.3 is 0 Å². The minimum absolute atomic E-state index is 0.179. The summed E-state index contributed by atoms with van der Waals surface area (Å²) in [4.78, 5) is 38.3. The van der Waals surface area contributed by atoms with Crippen molar-refractivity contribution in [3.05, 3.63) is 70.8 Å². The third-order valence-electron chi connectivity index (χ3n) is 5.72. The minimum atomic E-state index is -1.94. The second-order valence-electron chi connectivity index (χ2n) is 7.95. The van der Waals surface area contributed by atoms with Gasteiger partial charge in [-0.3, -0.25) is 19.6 Å². The Morgan fingerprint density at radius 2 is 1.62 bits per heavy atom. The summed E-state index contributed by atoms with van der Waals surface area (Å²) in [7, 11) is 2.65. The van der Waals surface area contributed by atoms with E-state index in [0.717, 1.165) is 16.0 Å². The number of carbonyl (C=O) groups is 3. The highest BCUT2D eigenvalue weighted by Gasteiger charge is 2.47. The Balaban J connectivity index is 1.66. The van der Waals surface area contributed by atoms with Crippen molar-refractivity contribution in [2.24, 2.45) is 0 Å². The Kier molecular flexibility index (Phi) is 8.02. The highest BCUT2D eigenvalue weighted by molar-refractivity contribution is 6.12. The number of nitrogens with one attached hydrogen (secondary N) is 2. The molecule has 0 unspecified atom stereocenters. The van der Waals surface area contributed by atoms with Crippen molar-refractivity contribution in [3.8, 4) is 11.8 Å². The van der Waals surface area contributed by atoms with Crippen LogP contribution < -0.4 is 10.8 Å². The number of benzene rings is 2. The number of amides is 3. The lowest BCUT2D eigenvalue weighted by molar-refractivity contribution is -0.148. The zero-order valence-electron chi connectivity index (χ0n) is 19.3. The molecule has 2 aromatic carbocycles. The predicted molar refractivity (Wildman–Crippen MR) is 123 cm³/mol. The van der Waals surface area contributed by atoms with Crippen LogP contribution in [-0.4, -0.2) is 66.8 Å². The first-order valence-corrected chi connectivity index (χ1v) is 10.6. The molecule has 2 aromatic rings. The Labute approximate surface area is 198 Å². The molecule has 1 saturated heterocycles. The fraction of sp³-hybridized carbons (Fsp3) is 0.320. The first-order valence-electron chi connectivity index (χ1n) is 10.6. The first kappa shape index (κ1) is 24.9. The van der Waals surface area contributed by atoms with Crippen molar-refractivity contribution in [2.75, 3.05) is 27.3 Å². The van der Waals surface area contributed by atoms with E-state index in [1.54, 1.807) is 24.3 Å². The maximum absolute atomic E-state index is 12.9. The normalized spacial score (nSPS) is 14.6. The summed E-state index contributed by atoms with van der Waals surface area (Å²) in [5.41, 5.74) is 2.35. The molecule has 1 aliphatic heterocycles. The van der Waals surface area contributed by atoms with Crippen LogP contribution in [0.5, 0.6) is 0 Å². The summed E-state index contributed by atoms with van der Waals surface area (Å²) < 4.78 is 10.8. The monoisotopic (exact) mass is 465 g/mol. The van der Waals surface area contributed by atoms with Gasteiger partial charge < -0.3 is 19.7 Å². The zero-order valence-corrected chi connectivity index (χ0v) is 19.3. The van der Waals surface area contributed by atoms with E-state index in [1.807, 2.05) is 24.3 Å². The van der Waals surface area contributed by atoms with Crippen molar-refractivity contribution < 1.29 is 29.1 Å². The van der Waals surface area contributed by atoms with E-state index in [1.165, 1.54) is 26.5 Å². The molecule has 1 aliphatic rings. The Morgan fingerprint density at radius 3 is 2.09 bits per heavy atom. The third-order valence-corrected chi connectivity index (χ3v) is 5.72. The molecule has 0 saturated carbocycles. The van der Waals surface area contributed by atoms with Crippen LogP contribution in [0.1, 0.15) is 34.0 Å². The molecule has 0 radical (unpaired) electrons. The second kappa shape index (κ2) is 10.9. The van der Waals surface area contributed by atoms with Crippen LogP contribution in [0.2, 0.25) is 0 Å². The van der Waals surface area contributed by atoms with E-state index >= 15 is 0 Å². The molecule has 178 valence electrons. The molecule has 0 aromatic heterocycles. The first-order chi connectivity index (χ1) is 16.3. The van der Waals surface area contributed by atoms with Crippen LogP contribution in [-0.2, 0) is 25.7 Å². The number of carbonyl (C=O) groups excluding carboxylic acids is 3. The van der Waals surface area contributed by atoms with Crippen LogP contribution in [0.25, 0.3) is 0 Å². The molecule has 1 heterocycles. The van der Waals surface area contributed by atoms with Gasteiger partial charge in [-0.15, -0.1) is 0 Å². The van der Waals surface area contributed by atoms with Crippen LogP contribution in [0, 0.1) is 11.8 Å². The molecule has 34 heavy (non-hydrogen) atoms. The van der Waals surface area contributed by atoms with E-state index in [4.69, 9.17) is 14.7 Å². The zero-order chi connectivity index (χ0) is 24.7. The van der Waals surface area contributed by atoms with Crippen molar-refractivity contribution in [1.29, 1.82) is 0 Å². The summed E-state index contributed by atoms with van der Waals surface area (Å²) in [6, 6.07) is 14.3. The van der Waals surface area contributed by atoms with Crippen LogP contribution >= 0.6 is 0 Å². The Morgan fingerprint density at radius 1 is 1.06 bits per heavy atom. The Bertz CT molecular complexity index is 1080. The quantitative estimate of drug-likeness (QED) is 0.244. The van der Waals surface area contributed by atoms with Gasteiger partial charge in [-0.1, -0.05) is 24.0 Å². The number of hydrogen-bond donors (Lipinski definition) is 3. The number of nitrogens with zero attached hydrogens (tertiary/aromatic N) is 1. The fourth-order valence-electron chi connectivity index (χ4n) is 3.21. The summed E-state index contributed by atoms with van der Waals surface area (Å²) in [6.45, 7) is 3.07. The lowest BCUT2D eigenvalue weighted by Crippen LogP contribution is -2.64. The molecule has 0 spiro atoms. The summed E-state index contributed by atoms with van der Waals surface area (Å²) in [6.07, 6.45) is 0.179. The molecule has 3 amide bonds. The van der Waals surface area contributed by atoms with E-state index in [0.29, 0.717) is 25.4 Å². The van der Waals surface area contributed by atoms with Gasteiger partial charge in [0.2, 0.25) is 0 Å². The van der Waals surface area contributed by atoms with Crippen LogP contribution in [0.4, 0.5) is 0 Å². The van der Waals surface area contributed by atoms with Gasteiger partial charge in [0, 0.05) is 30.8 Å². The summed E-state index contributed by atoms with van der Waals surface area (Å²) in [5.74, 6) is 3.78. The number of hydrogen-bond acceptors (Lipinski definition) is 6. The number of rotatable bonds is 7. The number of likely N-dealkylation sites (N-methyl/N-ethyl adjacent to an activating group) is 2. The van der Waals surface area contributed by atoms with Crippen LogP contribution in [0.3, 0.4) is 0 Å². The predicted octanol–water partition coefficient (Wildman–Crippen LogP) is 1.08. The highest BCUT2D eigenvalue weighted by Crippen LogP contribution is 2.18. The van der Waals surface area contributed by atoms with Gasteiger partial charge in [0.15, 0.2) is 5.54 Å². The van der Waals surface area contributed by atoms with Crippen molar-refractivity contribution in [3.63, 3.8) is 0 Å². The average molecular weight is 466 g/mol. The molecule has 1 fully saturated rings. The molecule has 1 atom stereocenters. The Hall–Kier alpha value is -3.71. The topological polar surface area (TPSA) is 117 Å². The maximum atomic E-state index is 12.9. The third kappa shape index (κ3) is 5.43. The molecule has 3 N–H and O–H groups in total. The maximum Gasteiger partial charge on any atom is 0.278 e. The fourth-order valence-corrected chi connectivity index (χ4v) is 3.21. The minimum Gasteiger partial charge on any atom is -0.376 e. The lowest BCUT2D eigenvalue weighted by Gasteiger charge is -2.34. The molecular weight excluding hydrogens is 438 g/mol. The molecule has 0 bridgehead atoms. The van der Waals surface area contributed by atoms with E-state index in [9.17, 15) is 14.4 Å². The van der Waals surface area contributed by atoms with Crippen molar-refractivity contribution >= 4 is 17.7 Å². The highest BCUT2D eigenvalue weighted by atomic mass is 16.6. The molecular formula is C25H27N3O6. The van der Waals surface area contributed by atoms with E-state index in [-0.39, 0.29) is 11.7 Å². The molecule has 9 heteroatoms. The smallest absolute Gasteiger partial charge is 0.278 e. The standard InChI is InChI=1S/C25H27N3O6/c1-25(23(30)26-2,24(31)27-32)28(3)22(29)20-12-10-18(11-13-20)5-4-17-6-8-19(9-7-17)14-34-21-15-33-16-21/h6-13,21,32H,14-16H2,1-3H3,(H,26,30)(H,27,31)/t25-/m0/s1. The van der Waals surface area contributed by atoms with Crippen molar-refractivity contribution in [2.45, 2.75) is 25.2 Å². The van der Waals surface area contributed by atoms with E-state index in [2.05, 4.69) is 17.2 Å². The molecule has 3 rings (SSSR count). The number of ether oxygens (including phenoxy) is 2. The largest absolute Gasteiger partial charge is 0.376 e. The molecule has 0 aliphatic carbocycles. The van der Waals surface area contributed by atoms with Gasteiger partial charge in [-0.05, 0) is 48.9 Å². The number of hydroxylamine groups is 1. The van der Waals surface area contributed by atoms with E-state index < -0.39 is 23.3 Å².